The van der Waals surface area contributed by atoms with Crippen molar-refractivity contribution in [3.63, 3.8) is 0 Å². The van der Waals surface area contributed by atoms with Crippen LogP contribution >= 0.6 is 0 Å². The lowest BCUT2D eigenvalue weighted by atomic mass is 10.2. The number of methoxy groups -OCH3 is 2. The molecule has 0 N–H and O–H groups in total. The molecule has 0 saturated heterocycles. The highest BCUT2D eigenvalue weighted by Crippen LogP contribution is 2.45. The third-order valence-electron chi connectivity index (χ3n) is 2.19. The molecule has 0 aromatic heterocycles. The van der Waals surface area contributed by atoms with Crippen LogP contribution in [0.1, 0.15) is 27.7 Å². The third-order valence-corrected chi connectivity index (χ3v) is 2.19. The molecule has 0 spiro atoms. The summed E-state index contributed by atoms with van der Waals surface area (Å²) in [5, 5.41) is 0. The molecule has 4 heteroatoms. The molecule has 0 radical (unpaired) electrons. The number of hydrogen-bond acceptors (Lipinski definition) is 4. The number of ether oxygens (including phenoxy) is 4. The van der Waals surface area contributed by atoms with Crippen LogP contribution in [0.15, 0.2) is 12.1 Å². The monoisotopic (exact) mass is 254 g/mol. The minimum Gasteiger partial charge on any atom is -0.493 e. The van der Waals surface area contributed by atoms with Gasteiger partial charge in [-0.3, -0.25) is 0 Å². The van der Waals surface area contributed by atoms with Gasteiger partial charge in [0.25, 0.3) is 0 Å². The summed E-state index contributed by atoms with van der Waals surface area (Å²) in [7, 11) is 3.21. The van der Waals surface area contributed by atoms with Gasteiger partial charge < -0.3 is 18.9 Å². The first-order valence-corrected chi connectivity index (χ1v) is 6.07. The SMILES string of the molecule is COc1ccc(OC)c(OC(C)C)c1OC(C)C. The van der Waals surface area contributed by atoms with Crippen LogP contribution in [0.25, 0.3) is 0 Å². The second-order valence-electron chi connectivity index (χ2n) is 4.46. The van der Waals surface area contributed by atoms with Crippen molar-refractivity contribution in [2.45, 2.75) is 39.9 Å². The first-order valence-electron chi connectivity index (χ1n) is 6.07. The van der Waals surface area contributed by atoms with E-state index in [2.05, 4.69) is 0 Å². The maximum absolute atomic E-state index is 5.78. The molecule has 1 aromatic carbocycles. The Labute approximate surface area is 109 Å². The van der Waals surface area contributed by atoms with E-state index in [1.807, 2.05) is 39.8 Å². The number of benzene rings is 1. The molecule has 0 aliphatic carbocycles. The Morgan fingerprint density at radius 3 is 1.28 bits per heavy atom. The summed E-state index contributed by atoms with van der Waals surface area (Å²) < 4.78 is 22.2. The zero-order valence-corrected chi connectivity index (χ0v) is 11.9. The first kappa shape index (κ1) is 14.5. The van der Waals surface area contributed by atoms with E-state index < -0.39 is 0 Å². The summed E-state index contributed by atoms with van der Waals surface area (Å²) in [4.78, 5) is 0. The maximum Gasteiger partial charge on any atom is 0.207 e. The van der Waals surface area contributed by atoms with Crippen molar-refractivity contribution in [2.75, 3.05) is 14.2 Å². The van der Waals surface area contributed by atoms with Gasteiger partial charge in [-0.05, 0) is 39.8 Å². The zero-order valence-electron chi connectivity index (χ0n) is 11.9. The van der Waals surface area contributed by atoms with Crippen molar-refractivity contribution in [2.24, 2.45) is 0 Å². The van der Waals surface area contributed by atoms with Gasteiger partial charge in [0.1, 0.15) is 0 Å². The van der Waals surface area contributed by atoms with Crippen LogP contribution in [-0.4, -0.2) is 26.4 Å². The van der Waals surface area contributed by atoms with Crippen LogP contribution in [0.2, 0.25) is 0 Å². The van der Waals surface area contributed by atoms with Crippen molar-refractivity contribution in [1.82, 2.24) is 0 Å². The van der Waals surface area contributed by atoms with Gasteiger partial charge in [-0.1, -0.05) is 0 Å². The van der Waals surface area contributed by atoms with Gasteiger partial charge in [-0.25, -0.2) is 0 Å². The summed E-state index contributed by atoms with van der Waals surface area (Å²) in [6.07, 6.45) is 0.0565. The van der Waals surface area contributed by atoms with Gasteiger partial charge in [0.15, 0.2) is 11.5 Å². The standard InChI is InChI=1S/C14H22O4/c1-9(2)17-13-11(15-5)7-8-12(16-6)14(13)18-10(3)4/h7-10H,1-6H3. The smallest absolute Gasteiger partial charge is 0.207 e. The van der Waals surface area contributed by atoms with Crippen molar-refractivity contribution in [1.29, 1.82) is 0 Å². The van der Waals surface area contributed by atoms with E-state index in [4.69, 9.17) is 18.9 Å². The van der Waals surface area contributed by atoms with Crippen molar-refractivity contribution in [3.05, 3.63) is 12.1 Å². The zero-order chi connectivity index (χ0) is 13.7. The van der Waals surface area contributed by atoms with Crippen LogP contribution in [0, 0.1) is 0 Å². The lowest BCUT2D eigenvalue weighted by Gasteiger charge is -2.21. The van der Waals surface area contributed by atoms with Crippen LogP contribution in [0.4, 0.5) is 0 Å². The highest BCUT2D eigenvalue weighted by atomic mass is 16.6. The average molecular weight is 254 g/mol. The van der Waals surface area contributed by atoms with Gasteiger partial charge in [-0.15, -0.1) is 0 Å². The predicted octanol–water partition coefficient (Wildman–Crippen LogP) is 3.28. The summed E-state index contributed by atoms with van der Waals surface area (Å²) in [6, 6.07) is 3.62. The van der Waals surface area contributed by atoms with E-state index >= 15 is 0 Å². The molecule has 0 aliphatic heterocycles. The van der Waals surface area contributed by atoms with Gasteiger partial charge >= 0.3 is 0 Å². The molecule has 1 rings (SSSR count). The normalized spacial score (nSPS) is 10.7. The van der Waals surface area contributed by atoms with Crippen LogP contribution in [-0.2, 0) is 0 Å². The highest BCUT2D eigenvalue weighted by Gasteiger charge is 2.20. The second-order valence-corrected chi connectivity index (χ2v) is 4.46. The molecule has 0 atom stereocenters. The molecule has 0 unspecified atom stereocenters. The van der Waals surface area contributed by atoms with Crippen molar-refractivity contribution < 1.29 is 18.9 Å². The summed E-state index contributed by atoms with van der Waals surface area (Å²) in [6.45, 7) is 7.83. The first-order chi connectivity index (χ1) is 8.49. The average Bonchev–Trinajstić information content (AvgIpc) is 2.29. The Bertz CT molecular complexity index is 349. The minimum absolute atomic E-state index is 0.0283. The number of rotatable bonds is 6. The Balaban J connectivity index is 3.28. The van der Waals surface area contributed by atoms with Crippen LogP contribution < -0.4 is 18.9 Å². The van der Waals surface area contributed by atoms with Gasteiger partial charge in [0.05, 0.1) is 26.4 Å². The van der Waals surface area contributed by atoms with E-state index in [1.54, 1.807) is 14.2 Å². The second kappa shape index (κ2) is 6.38. The van der Waals surface area contributed by atoms with Gasteiger partial charge in [0.2, 0.25) is 11.5 Å². The molecule has 4 nitrogen and oxygen atoms in total. The highest BCUT2D eigenvalue weighted by molar-refractivity contribution is 5.59. The fourth-order valence-electron chi connectivity index (χ4n) is 1.54. The summed E-state index contributed by atoms with van der Waals surface area (Å²) in [5.41, 5.74) is 0. The molecule has 18 heavy (non-hydrogen) atoms. The Kier molecular flexibility index (Phi) is 5.13. The molecular formula is C14H22O4. The van der Waals surface area contributed by atoms with Gasteiger partial charge in [-0.2, -0.15) is 0 Å². The Morgan fingerprint density at radius 1 is 0.722 bits per heavy atom. The largest absolute Gasteiger partial charge is 0.493 e. The van der Waals surface area contributed by atoms with Crippen molar-refractivity contribution >= 4 is 0 Å². The quantitative estimate of drug-likeness (QED) is 0.780. The molecule has 0 heterocycles. The van der Waals surface area contributed by atoms with Crippen LogP contribution in [0.3, 0.4) is 0 Å². The molecule has 0 bridgehead atoms. The molecular weight excluding hydrogens is 232 g/mol. The fourth-order valence-corrected chi connectivity index (χ4v) is 1.54. The molecule has 102 valence electrons. The summed E-state index contributed by atoms with van der Waals surface area (Å²) >= 11 is 0. The van der Waals surface area contributed by atoms with E-state index in [0.29, 0.717) is 23.0 Å². The van der Waals surface area contributed by atoms with Crippen LogP contribution in [0.5, 0.6) is 23.0 Å². The van der Waals surface area contributed by atoms with E-state index in [9.17, 15) is 0 Å². The third kappa shape index (κ3) is 3.45. The fraction of sp³-hybridized carbons (Fsp3) is 0.571. The molecule has 0 amide bonds. The Morgan fingerprint density at radius 2 is 1.06 bits per heavy atom. The van der Waals surface area contributed by atoms with E-state index in [-0.39, 0.29) is 12.2 Å². The lowest BCUT2D eigenvalue weighted by molar-refractivity contribution is 0.184. The Hall–Kier alpha value is -1.58. The minimum atomic E-state index is 0.0283. The lowest BCUT2D eigenvalue weighted by Crippen LogP contribution is -2.12. The summed E-state index contributed by atoms with van der Waals surface area (Å²) in [5.74, 6) is 2.45. The molecule has 1 aromatic rings. The predicted molar refractivity (Wildman–Crippen MR) is 71.1 cm³/mol. The van der Waals surface area contributed by atoms with E-state index in [0.717, 1.165) is 0 Å². The van der Waals surface area contributed by atoms with E-state index in [1.165, 1.54) is 0 Å². The molecule has 0 saturated carbocycles. The molecule has 0 fully saturated rings. The van der Waals surface area contributed by atoms with Gasteiger partial charge in [0, 0.05) is 0 Å². The number of hydrogen-bond donors (Lipinski definition) is 0. The van der Waals surface area contributed by atoms with Crippen molar-refractivity contribution in [3.8, 4) is 23.0 Å². The maximum atomic E-state index is 5.78. The topological polar surface area (TPSA) is 36.9 Å². The molecule has 0 aliphatic rings.